The molecule has 0 heterocycles. The minimum Gasteiger partial charge on any atom is -0.480 e. The van der Waals surface area contributed by atoms with E-state index in [4.69, 9.17) is 60.2 Å². The summed E-state index contributed by atoms with van der Waals surface area (Å²) >= 11 is 0. The largest absolute Gasteiger partial charge is 0.480 e. The lowest BCUT2D eigenvalue weighted by Gasteiger charge is -2.16. The summed E-state index contributed by atoms with van der Waals surface area (Å²) in [5.74, 6) is -3.16. The predicted molar refractivity (Wildman–Crippen MR) is 183 cm³/mol. The highest BCUT2D eigenvalue weighted by Gasteiger charge is 2.19. The van der Waals surface area contributed by atoms with Gasteiger partial charge in [-0.3, -0.25) is 19.4 Å². The van der Waals surface area contributed by atoms with Crippen molar-refractivity contribution in [2.24, 2.45) is 45.1 Å². The van der Waals surface area contributed by atoms with Crippen LogP contribution in [-0.2, 0) is 32.0 Å². The quantitative estimate of drug-likeness (QED) is 0.0338. The second-order valence-corrected chi connectivity index (χ2v) is 11.0. The summed E-state index contributed by atoms with van der Waals surface area (Å²) in [6.07, 6.45) is 3.69. The second kappa shape index (κ2) is 23.7. The average Bonchev–Trinajstić information content (AvgIpc) is 3.01. The number of esters is 1. The number of carbonyl (C=O) groups excluding carboxylic acids is 1. The number of aryl methyl sites for hydroxylation is 2. The topological polar surface area (TPSA) is 333 Å². The van der Waals surface area contributed by atoms with Crippen LogP contribution in [0.4, 0.5) is 0 Å². The van der Waals surface area contributed by atoms with Crippen molar-refractivity contribution in [3.05, 3.63) is 64.7 Å². The predicted octanol–water partition coefficient (Wildman–Crippen LogP) is -0.288. The number of hydrogen-bond acceptors (Lipinski definition) is 11. The van der Waals surface area contributed by atoms with Gasteiger partial charge in [-0.25, -0.2) is 4.79 Å². The molecule has 16 nitrogen and oxygen atoms in total. The molecule has 0 bridgehead atoms. The Bertz CT molecular complexity index is 1300. The number of ether oxygens (including phenoxy) is 1. The zero-order valence-electron chi connectivity index (χ0n) is 27.6. The summed E-state index contributed by atoms with van der Waals surface area (Å²) in [6, 6.07) is 9.39. The number of aliphatic imine (C=N–C) groups is 1. The van der Waals surface area contributed by atoms with Gasteiger partial charge in [0, 0.05) is 6.54 Å². The number of benzene rings is 2. The molecule has 0 radical (unpaired) electrons. The first-order chi connectivity index (χ1) is 22.5. The van der Waals surface area contributed by atoms with Crippen molar-refractivity contribution in [2.75, 3.05) is 13.1 Å². The summed E-state index contributed by atoms with van der Waals surface area (Å²) < 4.78 is 5.33. The molecule has 2 rings (SSSR count). The molecule has 0 aliphatic rings. The Morgan fingerprint density at radius 3 is 1.71 bits per heavy atom. The van der Waals surface area contributed by atoms with E-state index in [1.807, 2.05) is 44.2 Å². The first-order valence-electron chi connectivity index (χ1n) is 15.3. The van der Waals surface area contributed by atoms with Crippen LogP contribution in [0.25, 0.3) is 0 Å². The van der Waals surface area contributed by atoms with Gasteiger partial charge in [0.05, 0.1) is 0 Å². The first kappa shape index (κ1) is 43.4. The molecular formula is C32H52N8O8. The highest BCUT2D eigenvalue weighted by atomic mass is 16.5. The smallest absolute Gasteiger partial charge is 0.328 e. The van der Waals surface area contributed by atoms with Gasteiger partial charge < -0.3 is 60.2 Å². The molecule has 48 heavy (non-hydrogen) atoms. The minimum absolute atomic E-state index is 0.00481. The number of rotatable bonds is 17. The molecular weight excluding hydrogens is 624 g/mol. The number of nitrogens with zero attached hydrogens (tertiary/aromatic N) is 1. The van der Waals surface area contributed by atoms with Gasteiger partial charge >= 0.3 is 23.9 Å². The van der Waals surface area contributed by atoms with Crippen LogP contribution < -0.4 is 44.9 Å². The zero-order valence-corrected chi connectivity index (χ0v) is 27.6. The van der Waals surface area contributed by atoms with Crippen molar-refractivity contribution in [1.82, 2.24) is 0 Å². The van der Waals surface area contributed by atoms with E-state index in [0.29, 0.717) is 44.5 Å². The lowest BCUT2D eigenvalue weighted by atomic mass is 9.96. The number of unbranched alkanes of at least 4 members (excludes halogenated alkanes) is 1. The number of hydrogen-bond donors (Lipinski definition) is 10. The third kappa shape index (κ3) is 19.1. The van der Waals surface area contributed by atoms with E-state index in [9.17, 15) is 19.2 Å². The summed E-state index contributed by atoms with van der Waals surface area (Å²) in [6.45, 7) is 4.61. The van der Waals surface area contributed by atoms with Crippen LogP contribution in [0.2, 0.25) is 0 Å². The number of carboxylic acids is 3. The Balaban J connectivity index is 0.000000823. The first-order valence-corrected chi connectivity index (χ1v) is 15.3. The van der Waals surface area contributed by atoms with Gasteiger partial charge in [0.25, 0.3) is 0 Å². The summed E-state index contributed by atoms with van der Waals surface area (Å²) in [5, 5.41) is 25.8. The molecule has 0 amide bonds. The average molecular weight is 677 g/mol. The monoisotopic (exact) mass is 676 g/mol. The molecule has 4 atom stereocenters. The van der Waals surface area contributed by atoms with Crippen molar-refractivity contribution in [3.63, 3.8) is 0 Å². The molecule has 0 saturated heterocycles. The highest BCUT2D eigenvalue weighted by Crippen LogP contribution is 2.23. The third-order valence-electron chi connectivity index (χ3n) is 6.80. The minimum atomic E-state index is -1.06. The number of guanidine groups is 1. The molecule has 0 saturated carbocycles. The Morgan fingerprint density at radius 1 is 0.729 bits per heavy atom. The van der Waals surface area contributed by atoms with E-state index in [0.717, 1.165) is 35.1 Å². The molecule has 17 N–H and O–H groups in total. The molecule has 0 aliphatic heterocycles. The van der Waals surface area contributed by atoms with Crippen molar-refractivity contribution in [3.8, 4) is 5.75 Å². The number of carbonyl (C=O) groups is 4. The Morgan fingerprint density at radius 2 is 1.23 bits per heavy atom. The highest BCUT2D eigenvalue weighted by molar-refractivity contribution is 5.78. The van der Waals surface area contributed by atoms with Gasteiger partial charge in [0.1, 0.15) is 29.9 Å². The van der Waals surface area contributed by atoms with Crippen molar-refractivity contribution >= 4 is 29.8 Å². The molecule has 2 aromatic rings. The van der Waals surface area contributed by atoms with Gasteiger partial charge in [0.2, 0.25) is 0 Å². The summed E-state index contributed by atoms with van der Waals surface area (Å²) in [5.41, 5.74) is 41.0. The molecule has 0 unspecified atom stereocenters. The Labute approximate surface area is 280 Å². The maximum Gasteiger partial charge on any atom is 0.328 e. The second-order valence-electron chi connectivity index (χ2n) is 11.0. The van der Waals surface area contributed by atoms with Crippen LogP contribution in [0.15, 0.2) is 47.5 Å². The van der Waals surface area contributed by atoms with Gasteiger partial charge in [-0.1, -0.05) is 36.8 Å². The van der Waals surface area contributed by atoms with Crippen LogP contribution in [0.5, 0.6) is 5.75 Å². The maximum absolute atomic E-state index is 12.1. The van der Waals surface area contributed by atoms with Gasteiger partial charge in [-0.05, 0) is 93.3 Å². The molecule has 268 valence electrons. The van der Waals surface area contributed by atoms with Crippen LogP contribution in [-0.4, -0.2) is 82.4 Å². The molecule has 16 heteroatoms. The summed E-state index contributed by atoms with van der Waals surface area (Å²) in [4.78, 5) is 47.4. The third-order valence-corrected chi connectivity index (χ3v) is 6.80. The van der Waals surface area contributed by atoms with Crippen molar-refractivity contribution in [1.29, 1.82) is 0 Å². The number of nitrogens with two attached hydrogens (primary N) is 7. The zero-order chi connectivity index (χ0) is 36.8. The fourth-order valence-corrected chi connectivity index (χ4v) is 4.06. The number of carboxylic acid groups (broad SMARTS) is 3. The van der Waals surface area contributed by atoms with Crippen LogP contribution >= 0.6 is 0 Å². The van der Waals surface area contributed by atoms with Gasteiger partial charge in [-0.2, -0.15) is 0 Å². The van der Waals surface area contributed by atoms with E-state index in [1.54, 1.807) is 12.1 Å². The van der Waals surface area contributed by atoms with E-state index in [1.165, 1.54) is 0 Å². The van der Waals surface area contributed by atoms with E-state index < -0.39 is 48.0 Å². The van der Waals surface area contributed by atoms with Crippen LogP contribution in [0.3, 0.4) is 0 Å². The molecule has 0 spiro atoms. The van der Waals surface area contributed by atoms with E-state index in [-0.39, 0.29) is 12.4 Å². The Kier molecular flexibility index (Phi) is 21.4. The van der Waals surface area contributed by atoms with Gasteiger partial charge in [-0.15, -0.1) is 0 Å². The van der Waals surface area contributed by atoms with Gasteiger partial charge in [0.15, 0.2) is 5.96 Å². The fourth-order valence-electron chi connectivity index (χ4n) is 4.06. The maximum atomic E-state index is 12.1. The van der Waals surface area contributed by atoms with E-state index >= 15 is 0 Å². The molecule has 2 aromatic carbocycles. The van der Waals surface area contributed by atoms with Crippen LogP contribution in [0.1, 0.15) is 54.4 Å². The van der Waals surface area contributed by atoms with Crippen molar-refractivity contribution in [2.45, 2.75) is 83.0 Å². The molecule has 0 aliphatic carbocycles. The standard InChI is InChI=1S/C17H27N5O4.C9H11NO2.C6H14N2O2/c1-9-6-11(7-10(2)12(9)8-14(19)15(23)24)26-16(25)13(18)4-3-5-22-17(20)21;10-8(9(11)12)6-7-4-2-1-3-5-7;7-4-2-1-3-5(8)6(9)10/h6-7,13-14H,3-5,8,18-19H2,1-2H3,(H,23,24)(H4,20,21,22);1-5,8H,6,10H2,(H,11,12);5H,1-4,7-8H2,(H,9,10)/t13-,14+;8-;5-/m100/s1. The van der Waals surface area contributed by atoms with Crippen LogP contribution in [0, 0.1) is 13.8 Å². The molecule has 0 aromatic heterocycles. The van der Waals surface area contributed by atoms with E-state index in [2.05, 4.69) is 4.99 Å². The lowest BCUT2D eigenvalue weighted by Crippen LogP contribution is -2.34. The van der Waals surface area contributed by atoms with Crippen molar-refractivity contribution < 1.29 is 39.2 Å². The normalized spacial score (nSPS) is 12.8. The fraction of sp³-hybridized carbons (Fsp3) is 0.469. The summed E-state index contributed by atoms with van der Waals surface area (Å²) in [7, 11) is 0. The molecule has 0 fully saturated rings. The Hall–Kier alpha value is -4.61. The number of aliphatic carboxylic acids is 3. The lowest BCUT2D eigenvalue weighted by molar-refractivity contribution is -0.139. The SMILES string of the molecule is Cc1cc(OC(=O)[C@H](N)CCCN=C(N)N)cc(C)c1C[C@H](N)C(=O)O.NCCCC[C@H](N)C(=O)O.N[C@@H](Cc1ccccc1)C(=O)O.